The molecule has 0 unspecified atom stereocenters. The van der Waals surface area contributed by atoms with Gasteiger partial charge in [0.1, 0.15) is 17.0 Å². The summed E-state index contributed by atoms with van der Waals surface area (Å²) in [6.45, 7) is 7.23. The third-order valence-corrected chi connectivity index (χ3v) is 4.92. The van der Waals surface area contributed by atoms with Crippen LogP contribution >= 0.6 is 0 Å². The molecule has 0 amide bonds. The van der Waals surface area contributed by atoms with E-state index in [1.54, 1.807) is 0 Å². The van der Waals surface area contributed by atoms with Crippen LogP contribution in [0, 0.1) is 17.8 Å². The van der Waals surface area contributed by atoms with Gasteiger partial charge in [0.05, 0.1) is 12.6 Å². The highest BCUT2D eigenvalue weighted by Crippen LogP contribution is 2.52. The summed E-state index contributed by atoms with van der Waals surface area (Å²) in [7, 11) is 4.07. The van der Waals surface area contributed by atoms with Crippen LogP contribution in [0.1, 0.15) is 45.3 Å². The van der Waals surface area contributed by atoms with Gasteiger partial charge in [-0.2, -0.15) is 0 Å². The molecule has 3 nitrogen and oxygen atoms in total. The third kappa shape index (κ3) is 3.24. The maximum Gasteiger partial charge on any atom is 0.126 e. The average molecular weight is 313 g/mol. The van der Waals surface area contributed by atoms with Crippen LogP contribution < -0.4 is 4.74 Å². The molecule has 23 heavy (non-hydrogen) atoms. The molecule has 1 saturated heterocycles. The predicted molar refractivity (Wildman–Crippen MR) is 92.4 cm³/mol. The monoisotopic (exact) mass is 313 g/mol. The van der Waals surface area contributed by atoms with E-state index in [1.165, 1.54) is 0 Å². The molecule has 0 aliphatic carbocycles. The van der Waals surface area contributed by atoms with Gasteiger partial charge in [-0.25, -0.2) is 0 Å². The van der Waals surface area contributed by atoms with Gasteiger partial charge >= 0.3 is 0 Å². The smallest absolute Gasteiger partial charge is 0.126 e. The summed E-state index contributed by atoms with van der Waals surface area (Å²) >= 11 is 0. The number of para-hydroxylation sites is 1. The number of hydrogen-bond donors (Lipinski definition) is 0. The molecule has 3 atom stereocenters. The number of nitrogens with zero attached hydrogens (tertiary/aromatic N) is 1. The first kappa shape index (κ1) is 16.4. The second-order valence-corrected chi connectivity index (χ2v) is 7.70. The van der Waals surface area contributed by atoms with Crippen molar-refractivity contribution in [1.82, 2.24) is 4.90 Å². The lowest BCUT2D eigenvalue weighted by molar-refractivity contribution is -0.169. The van der Waals surface area contributed by atoms with Gasteiger partial charge in [-0.3, -0.25) is 4.90 Å². The highest BCUT2D eigenvalue weighted by molar-refractivity contribution is 5.39. The summed E-state index contributed by atoms with van der Waals surface area (Å²) in [6.07, 6.45) is 2.07. The highest BCUT2D eigenvalue weighted by Gasteiger charge is 2.49. The fraction of sp³-hybridized carbons (Fsp3) is 0.600. The zero-order valence-corrected chi connectivity index (χ0v) is 14.8. The van der Waals surface area contributed by atoms with Crippen LogP contribution in [0.25, 0.3) is 0 Å². The first-order valence-corrected chi connectivity index (χ1v) is 8.41. The summed E-state index contributed by atoms with van der Waals surface area (Å²) in [5, 5.41) is 0. The van der Waals surface area contributed by atoms with E-state index in [2.05, 4.69) is 49.6 Å². The third-order valence-electron chi connectivity index (χ3n) is 4.92. The van der Waals surface area contributed by atoms with Crippen molar-refractivity contribution in [3.05, 3.63) is 29.8 Å². The lowest BCUT2D eigenvalue weighted by Gasteiger charge is -2.50. The van der Waals surface area contributed by atoms with E-state index >= 15 is 0 Å². The fourth-order valence-corrected chi connectivity index (χ4v) is 3.64. The van der Waals surface area contributed by atoms with Gasteiger partial charge in [0.2, 0.25) is 0 Å². The van der Waals surface area contributed by atoms with Gasteiger partial charge in [-0.15, -0.1) is 0 Å². The van der Waals surface area contributed by atoms with Gasteiger partial charge in [0, 0.05) is 11.5 Å². The first-order chi connectivity index (χ1) is 10.8. The molecular weight excluding hydrogens is 286 g/mol. The summed E-state index contributed by atoms with van der Waals surface area (Å²) in [4.78, 5) is 2.08. The summed E-state index contributed by atoms with van der Waals surface area (Å²) in [5.74, 6) is 7.93. The standard InChI is InChI=1S/C20H27NO2/c1-19(2)16-11-13-20(3,12-8-14-21(4)5)23-18(16)15-9-6-7-10-17(15)22-19/h6-7,9-10,16,18H,11,13-14H2,1-5H3/t16-,18-,20+/m0/s1. The first-order valence-electron chi connectivity index (χ1n) is 8.41. The minimum atomic E-state index is -0.377. The van der Waals surface area contributed by atoms with Crippen LogP contribution in [0.5, 0.6) is 5.75 Å². The molecule has 0 bridgehead atoms. The Kier molecular flexibility index (Phi) is 4.16. The molecule has 1 aromatic rings. The second kappa shape index (κ2) is 5.85. The molecule has 3 heteroatoms. The lowest BCUT2D eigenvalue weighted by Crippen LogP contribution is -2.50. The minimum Gasteiger partial charge on any atom is -0.487 e. The molecule has 0 N–H and O–H groups in total. The fourth-order valence-electron chi connectivity index (χ4n) is 3.64. The Morgan fingerprint density at radius 2 is 1.96 bits per heavy atom. The number of rotatable bonds is 1. The molecule has 1 aromatic carbocycles. The number of ether oxygens (including phenoxy) is 2. The Bertz CT molecular complexity index is 641. The topological polar surface area (TPSA) is 21.7 Å². The lowest BCUT2D eigenvalue weighted by atomic mass is 9.73. The van der Waals surface area contributed by atoms with Crippen molar-refractivity contribution in [2.24, 2.45) is 5.92 Å². The molecule has 0 radical (unpaired) electrons. The molecule has 0 aromatic heterocycles. The van der Waals surface area contributed by atoms with Crippen LogP contribution in [0.3, 0.4) is 0 Å². The molecular formula is C20H27NO2. The summed E-state index contributed by atoms with van der Waals surface area (Å²) < 4.78 is 12.8. The van der Waals surface area contributed by atoms with E-state index in [1.807, 2.05) is 26.2 Å². The zero-order valence-electron chi connectivity index (χ0n) is 14.8. The molecule has 2 heterocycles. The normalized spacial score (nSPS) is 31.4. The number of fused-ring (bicyclic) bond motifs is 3. The van der Waals surface area contributed by atoms with Crippen molar-refractivity contribution in [2.45, 2.75) is 50.9 Å². The Balaban J connectivity index is 1.90. The number of benzene rings is 1. The zero-order chi connectivity index (χ0) is 16.7. The number of hydrogen-bond acceptors (Lipinski definition) is 3. The Labute approximate surface area is 140 Å². The molecule has 2 aliphatic heterocycles. The quantitative estimate of drug-likeness (QED) is 0.739. The van der Waals surface area contributed by atoms with Crippen LogP contribution in [-0.4, -0.2) is 36.7 Å². The van der Waals surface area contributed by atoms with Gasteiger partial charge in [0.25, 0.3) is 0 Å². The van der Waals surface area contributed by atoms with E-state index in [9.17, 15) is 0 Å². The Morgan fingerprint density at radius 3 is 2.70 bits per heavy atom. The van der Waals surface area contributed by atoms with Crippen molar-refractivity contribution in [3.8, 4) is 17.6 Å². The SMILES string of the molecule is CN(C)CC#C[C@]1(C)CC[C@H]2[C@@H](O1)c1ccccc1OC2(C)C. The van der Waals surface area contributed by atoms with Crippen molar-refractivity contribution in [2.75, 3.05) is 20.6 Å². The van der Waals surface area contributed by atoms with Crippen LogP contribution in [0.4, 0.5) is 0 Å². The molecule has 0 spiro atoms. The molecule has 124 valence electrons. The summed E-state index contributed by atoms with van der Waals surface area (Å²) in [5.41, 5.74) is 0.576. The largest absolute Gasteiger partial charge is 0.487 e. The molecule has 0 saturated carbocycles. The average Bonchev–Trinajstić information content (AvgIpc) is 2.46. The van der Waals surface area contributed by atoms with Gasteiger partial charge in [0.15, 0.2) is 0 Å². The van der Waals surface area contributed by atoms with E-state index in [0.29, 0.717) is 5.92 Å². The van der Waals surface area contributed by atoms with E-state index in [0.717, 1.165) is 30.7 Å². The van der Waals surface area contributed by atoms with Crippen LogP contribution in [0.15, 0.2) is 24.3 Å². The van der Waals surface area contributed by atoms with Crippen LogP contribution in [-0.2, 0) is 4.74 Å². The van der Waals surface area contributed by atoms with E-state index < -0.39 is 0 Å². The van der Waals surface area contributed by atoms with Crippen molar-refractivity contribution < 1.29 is 9.47 Å². The van der Waals surface area contributed by atoms with E-state index in [-0.39, 0.29) is 17.3 Å². The van der Waals surface area contributed by atoms with Gasteiger partial charge < -0.3 is 9.47 Å². The summed E-state index contributed by atoms with van der Waals surface area (Å²) in [6, 6.07) is 8.25. The van der Waals surface area contributed by atoms with E-state index in [4.69, 9.17) is 9.47 Å². The highest BCUT2D eigenvalue weighted by atomic mass is 16.5. The molecule has 3 rings (SSSR count). The predicted octanol–water partition coefficient (Wildman–Crippen LogP) is 3.65. The second-order valence-electron chi connectivity index (χ2n) is 7.70. The van der Waals surface area contributed by atoms with Gasteiger partial charge in [-0.05, 0) is 53.8 Å². The molecule has 1 fully saturated rings. The maximum atomic E-state index is 6.55. The van der Waals surface area contributed by atoms with Crippen molar-refractivity contribution >= 4 is 0 Å². The minimum absolute atomic E-state index is 0.0577. The van der Waals surface area contributed by atoms with Crippen molar-refractivity contribution in [3.63, 3.8) is 0 Å². The maximum absolute atomic E-state index is 6.55. The van der Waals surface area contributed by atoms with Crippen LogP contribution in [0.2, 0.25) is 0 Å². The van der Waals surface area contributed by atoms with Gasteiger partial charge in [-0.1, -0.05) is 30.0 Å². The Hall–Kier alpha value is -1.50. The Morgan fingerprint density at radius 1 is 1.22 bits per heavy atom. The molecule has 2 aliphatic rings. The van der Waals surface area contributed by atoms with Crippen molar-refractivity contribution in [1.29, 1.82) is 0 Å².